The monoisotopic (exact) mass is 424 g/mol. The summed E-state index contributed by atoms with van der Waals surface area (Å²) >= 11 is 0. The third-order valence-corrected chi connectivity index (χ3v) is 4.46. The molecule has 0 heterocycles. The van der Waals surface area contributed by atoms with Gasteiger partial charge in [-0.3, -0.25) is 14.4 Å². The van der Waals surface area contributed by atoms with Gasteiger partial charge in [0.2, 0.25) is 11.8 Å². The summed E-state index contributed by atoms with van der Waals surface area (Å²) in [4.78, 5) is 36.0. The highest BCUT2D eigenvalue weighted by atomic mass is 16.2. The van der Waals surface area contributed by atoms with Crippen LogP contribution in [0.3, 0.4) is 0 Å². The van der Waals surface area contributed by atoms with Crippen molar-refractivity contribution in [3.63, 3.8) is 0 Å². The van der Waals surface area contributed by atoms with E-state index in [0.717, 1.165) is 18.5 Å². The summed E-state index contributed by atoms with van der Waals surface area (Å²) in [6.07, 6.45) is 2.45. The van der Waals surface area contributed by atoms with Gasteiger partial charge in [0.1, 0.15) is 0 Å². The SMILES string of the molecule is CCCCNC(=O)c1ccc(NCC(=O)Nc2ccc(NC(=O)CC(C)C)cc2)cc1. The summed E-state index contributed by atoms with van der Waals surface area (Å²) in [7, 11) is 0. The maximum Gasteiger partial charge on any atom is 0.251 e. The zero-order valence-electron chi connectivity index (χ0n) is 18.5. The first-order chi connectivity index (χ1) is 14.9. The molecule has 4 N–H and O–H groups in total. The van der Waals surface area contributed by atoms with Crippen LogP contribution >= 0.6 is 0 Å². The minimum absolute atomic E-state index is 0.0274. The molecule has 0 saturated heterocycles. The fourth-order valence-corrected chi connectivity index (χ4v) is 2.83. The third-order valence-electron chi connectivity index (χ3n) is 4.46. The molecule has 2 rings (SSSR count). The van der Waals surface area contributed by atoms with Gasteiger partial charge in [0, 0.05) is 35.6 Å². The summed E-state index contributed by atoms with van der Waals surface area (Å²) in [6.45, 7) is 6.82. The number of hydrogen-bond donors (Lipinski definition) is 4. The lowest BCUT2D eigenvalue weighted by Gasteiger charge is -2.10. The molecule has 0 spiro atoms. The number of anilines is 3. The summed E-state index contributed by atoms with van der Waals surface area (Å²) < 4.78 is 0. The highest BCUT2D eigenvalue weighted by molar-refractivity contribution is 5.96. The molecule has 0 atom stereocenters. The number of benzene rings is 2. The van der Waals surface area contributed by atoms with E-state index in [2.05, 4.69) is 28.2 Å². The molecule has 0 aliphatic carbocycles. The molecule has 2 aromatic rings. The lowest BCUT2D eigenvalue weighted by Crippen LogP contribution is -2.24. The van der Waals surface area contributed by atoms with Gasteiger partial charge in [0.15, 0.2) is 0 Å². The molecule has 7 nitrogen and oxygen atoms in total. The normalized spacial score (nSPS) is 10.5. The predicted molar refractivity (Wildman–Crippen MR) is 125 cm³/mol. The summed E-state index contributed by atoms with van der Waals surface area (Å²) in [5, 5.41) is 11.6. The van der Waals surface area contributed by atoms with Gasteiger partial charge in [0.25, 0.3) is 5.91 Å². The van der Waals surface area contributed by atoms with Crippen molar-refractivity contribution >= 4 is 34.8 Å². The van der Waals surface area contributed by atoms with Crippen LogP contribution in [-0.4, -0.2) is 30.8 Å². The molecule has 2 aromatic carbocycles. The predicted octanol–water partition coefficient (Wildman–Crippen LogP) is 4.25. The van der Waals surface area contributed by atoms with Crippen molar-refractivity contribution in [1.29, 1.82) is 0 Å². The van der Waals surface area contributed by atoms with Crippen molar-refractivity contribution in [2.45, 2.75) is 40.0 Å². The van der Waals surface area contributed by atoms with E-state index in [4.69, 9.17) is 0 Å². The average molecular weight is 425 g/mol. The Morgan fingerprint density at radius 3 is 1.90 bits per heavy atom. The molecular formula is C24H32N4O3. The van der Waals surface area contributed by atoms with Crippen molar-refractivity contribution in [3.05, 3.63) is 54.1 Å². The number of nitrogens with one attached hydrogen (secondary N) is 4. The highest BCUT2D eigenvalue weighted by Crippen LogP contribution is 2.15. The summed E-state index contributed by atoms with van der Waals surface area (Å²) in [6, 6.07) is 14.0. The Hall–Kier alpha value is -3.35. The Kier molecular flexibility index (Phi) is 9.55. The molecule has 0 fully saturated rings. The van der Waals surface area contributed by atoms with Crippen LogP contribution in [0.15, 0.2) is 48.5 Å². The molecule has 0 bridgehead atoms. The van der Waals surface area contributed by atoms with Crippen molar-refractivity contribution in [2.75, 3.05) is 29.0 Å². The van der Waals surface area contributed by atoms with E-state index in [-0.39, 0.29) is 24.3 Å². The number of unbranched alkanes of at least 4 members (excludes halogenated alkanes) is 1. The first kappa shape index (κ1) is 23.9. The van der Waals surface area contributed by atoms with Crippen LogP contribution in [0.25, 0.3) is 0 Å². The quantitative estimate of drug-likeness (QED) is 0.405. The minimum Gasteiger partial charge on any atom is -0.376 e. The average Bonchev–Trinajstić information content (AvgIpc) is 2.73. The third kappa shape index (κ3) is 8.90. The Morgan fingerprint density at radius 2 is 1.35 bits per heavy atom. The second-order valence-electron chi connectivity index (χ2n) is 7.81. The maximum atomic E-state index is 12.2. The number of carbonyl (C=O) groups is 3. The largest absolute Gasteiger partial charge is 0.376 e. The lowest BCUT2D eigenvalue weighted by atomic mass is 10.1. The molecule has 0 aromatic heterocycles. The van der Waals surface area contributed by atoms with Crippen LogP contribution in [0.5, 0.6) is 0 Å². The molecule has 166 valence electrons. The van der Waals surface area contributed by atoms with Gasteiger partial charge in [-0.05, 0) is 60.9 Å². The second-order valence-corrected chi connectivity index (χ2v) is 7.81. The van der Waals surface area contributed by atoms with E-state index in [9.17, 15) is 14.4 Å². The van der Waals surface area contributed by atoms with Crippen LogP contribution in [0.2, 0.25) is 0 Å². The van der Waals surface area contributed by atoms with Gasteiger partial charge < -0.3 is 21.3 Å². The van der Waals surface area contributed by atoms with Crippen LogP contribution in [0.4, 0.5) is 17.1 Å². The second kappa shape index (κ2) is 12.4. The van der Waals surface area contributed by atoms with Crippen molar-refractivity contribution in [2.24, 2.45) is 5.92 Å². The maximum absolute atomic E-state index is 12.2. The van der Waals surface area contributed by atoms with E-state index in [1.807, 2.05) is 13.8 Å². The number of carbonyl (C=O) groups excluding carboxylic acids is 3. The first-order valence-electron chi connectivity index (χ1n) is 10.7. The van der Waals surface area contributed by atoms with E-state index < -0.39 is 0 Å². The standard InChI is InChI=1S/C24H32N4O3/c1-4-5-14-25-24(31)18-6-8-19(9-7-18)26-16-23(30)28-21-12-10-20(11-13-21)27-22(29)15-17(2)3/h6-13,17,26H,4-5,14-16H2,1-3H3,(H,25,31)(H,27,29)(H,28,30). The topological polar surface area (TPSA) is 99.3 Å². The van der Waals surface area contributed by atoms with Crippen LogP contribution in [0, 0.1) is 5.92 Å². The van der Waals surface area contributed by atoms with Gasteiger partial charge >= 0.3 is 0 Å². The highest BCUT2D eigenvalue weighted by Gasteiger charge is 2.07. The van der Waals surface area contributed by atoms with Crippen LogP contribution < -0.4 is 21.3 Å². The van der Waals surface area contributed by atoms with E-state index in [1.54, 1.807) is 48.5 Å². The number of hydrogen-bond acceptors (Lipinski definition) is 4. The van der Waals surface area contributed by atoms with Gasteiger partial charge in [0.05, 0.1) is 6.54 Å². The number of rotatable bonds is 11. The Balaban J connectivity index is 1.77. The van der Waals surface area contributed by atoms with Crippen molar-refractivity contribution in [1.82, 2.24) is 5.32 Å². The first-order valence-corrected chi connectivity index (χ1v) is 10.7. The molecule has 0 aliphatic rings. The Bertz CT molecular complexity index is 861. The number of amides is 3. The Morgan fingerprint density at radius 1 is 0.806 bits per heavy atom. The van der Waals surface area contributed by atoms with Gasteiger partial charge in [-0.15, -0.1) is 0 Å². The molecule has 31 heavy (non-hydrogen) atoms. The summed E-state index contributed by atoms with van der Waals surface area (Å²) in [5.74, 6) is -0.0229. The molecule has 0 saturated carbocycles. The van der Waals surface area contributed by atoms with E-state index >= 15 is 0 Å². The molecule has 0 unspecified atom stereocenters. The molecule has 0 radical (unpaired) electrons. The van der Waals surface area contributed by atoms with Gasteiger partial charge in [-0.1, -0.05) is 27.2 Å². The fourth-order valence-electron chi connectivity index (χ4n) is 2.83. The molecule has 7 heteroatoms. The van der Waals surface area contributed by atoms with Crippen molar-refractivity contribution in [3.8, 4) is 0 Å². The molecule has 3 amide bonds. The fraction of sp³-hybridized carbons (Fsp3) is 0.375. The minimum atomic E-state index is -0.196. The molecule has 0 aliphatic heterocycles. The zero-order chi connectivity index (χ0) is 22.6. The lowest BCUT2D eigenvalue weighted by molar-refractivity contribution is -0.117. The van der Waals surface area contributed by atoms with E-state index in [0.29, 0.717) is 35.8 Å². The smallest absolute Gasteiger partial charge is 0.251 e. The molecular weight excluding hydrogens is 392 g/mol. The zero-order valence-corrected chi connectivity index (χ0v) is 18.5. The van der Waals surface area contributed by atoms with Crippen LogP contribution in [-0.2, 0) is 9.59 Å². The van der Waals surface area contributed by atoms with Crippen molar-refractivity contribution < 1.29 is 14.4 Å². The van der Waals surface area contributed by atoms with Gasteiger partial charge in [-0.25, -0.2) is 0 Å². The Labute approximate surface area is 184 Å². The van der Waals surface area contributed by atoms with Gasteiger partial charge in [-0.2, -0.15) is 0 Å². The van der Waals surface area contributed by atoms with Crippen LogP contribution in [0.1, 0.15) is 50.4 Å². The summed E-state index contributed by atoms with van der Waals surface area (Å²) in [5.41, 5.74) is 2.68. The van der Waals surface area contributed by atoms with E-state index in [1.165, 1.54) is 0 Å².